The highest BCUT2D eigenvalue weighted by Gasteiger charge is 2.27. The SMILES string of the molecule is CCCCN(Cc1ccc(F)cc1)C(=O)[C@H](C)N1CCCC1. The molecule has 122 valence electrons. The highest BCUT2D eigenvalue weighted by Crippen LogP contribution is 2.16. The normalized spacial score (nSPS) is 16.7. The van der Waals surface area contributed by atoms with Crippen LogP contribution in [0.4, 0.5) is 4.39 Å². The summed E-state index contributed by atoms with van der Waals surface area (Å²) in [6.45, 7) is 7.51. The van der Waals surface area contributed by atoms with Gasteiger partial charge in [-0.05, 0) is 57.0 Å². The minimum Gasteiger partial charge on any atom is -0.337 e. The van der Waals surface area contributed by atoms with Gasteiger partial charge in [0.25, 0.3) is 0 Å². The van der Waals surface area contributed by atoms with Crippen molar-refractivity contribution in [3.63, 3.8) is 0 Å². The van der Waals surface area contributed by atoms with Gasteiger partial charge in [0.2, 0.25) is 5.91 Å². The monoisotopic (exact) mass is 306 g/mol. The summed E-state index contributed by atoms with van der Waals surface area (Å²) in [5.74, 6) is -0.0414. The molecule has 0 saturated carbocycles. The first-order valence-corrected chi connectivity index (χ1v) is 8.39. The molecule has 1 fully saturated rings. The number of unbranched alkanes of at least 4 members (excludes halogenated alkanes) is 1. The lowest BCUT2D eigenvalue weighted by Gasteiger charge is -2.30. The fourth-order valence-corrected chi connectivity index (χ4v) is 2.98. The van der Waals surface area contributed by atoms with Crippen LogP contribution in [0.1, 0.15) is 45.1 Å². The van der Waals surface area contributed by atoms with Gasteiger partial charge in [0.05, 0.1) is 6.04 Å². The van der Waals surface area contributed by atoms with E-state index in [9.17, 15) is 9.18 Å². The van der Waals surface area contributed by atoms with Gasteiger partial charge in [-0.2, -0.15) is 0 Å². The van der Waals surface area contributed by atoms with Crippen LogP contribution in [0.5, 0.6) is 0 Å². The number of likely N-dealkylation sites (tertiary alicyclic amines) is 1. The smallest absolute Gasteiger partial charge is 0.239 e. The van der Waals surface area contributed by atoms with E-state index in [2.05, 4.69) is 11.8 Å². The molecule has 22 heavy (non-hydrogen) atoms. The lowest BCUT2D eigenvalue weighted by molar-refractivity contribution is -0.136. The van der Waals surface area contributed by atoms with Crippen molar-refractivity contribution in [2.45, 2.75) is 52.1 Å². The predicted octanol–water partition coefficient (Wildman–Crippen LogP) is 3.44. The maximum Gasteiger partial charge on any atom is 0.239 e. The highest BCUT2D eigenvalue weighted by atomic mass is 19.1. The molecular formula is C18H27FN2O. The summed E-state index contributed by atoms with van der Waals surface area (Å²) in [6.07, 6.45) is 4.43. The van der Waals surface area contributed by atoms with E-state index in [1.165, 1.54) is 25.0 Å². The Bertz CT molecular complexity index is 468. The van der Waals surface area contributed by atoms with E-state index < -0.39 is 0 Å². The van der Waals surface area contributed by atoms with Crippen LogP contribution < -0.4 is 0 Å². The molecule has 0 radical (unpaired) electrons. The first-order valence-electron chi connectivity index (χ1n) is 8.39. The Morgan fingerprint density at radius 3 is 2.50 bits per heavy atom. The van der Waals surface area contributed by atoms with Gasteiger partial charge in [0, 0.05) is 13.1 Å². The predicted molar refractivity (Wildman–Crippen MR) is 87.0 cm³/mol. The number of hydrogen-bond acceptors (Lipinski definition) is 2. The standard InChI is InChI=1S/C18H27FN2O/c1-3-4-11-21(14-16-7-9-17(19)10-8-16)18(22)15(2)20-12-5-6-13-20/h7-10,15H,3-6,11-14H2,1-2H3/t15-/m0/s1. The van der Waals surface area contributed by atoms with Gasteiger partial charge in [-0.1, -0.05) is 25.5 Å². The summed E-state index contributed by atoms with van der Waals surface area (Å²) < 4.78 is 13.0. The Hall–Kier alpha value is -1.42. The zero-order valence-electron chi connectivity index (χ0n) is 13.7. The summed E-state index contributed by atoms with van der Waals surface area (Å²) in [7, 11) is 0. The minimum atomic E-state index is -0.236. The van der Waals surface area contributed by atoms with Crippen LogP contribution in [0.2, 0.25) is 0 Å². The van der Waals surface area contributed by atoms with Crippen molar-refractivity contribution in [1.82, 2.24) is 9.80 Å². The molecular weight excluding hydrogens is 279 g/mol. The Balaban J connectivity index is 2.03. The van der Waals surface area contributed by atoms with Crippen LogP contribution in [0.25, 0.3) is 0 Å². The first-order chi connectivity index (χ1) is 10.6. The van der Waals surface area contributed by atoms with E-state index in [1.54, 1.807) is 12.1 Å². The maximum absolute atomic E-state index is 13.0. The molecule has 0 aliphatic carbocycles. The van der Waals surface area contributed by atoms with Crippen LogP contribution in [0.3, 0.4) is 0 Å². The van der Waals surface area contributed by atoms with Crippen LogP contribution in [0.15, 0.2) is 24.3 Å². The summed E-state index contributed by atoms with van der Waals surface area (Å²) >= 11 is 0. The number of rotatable bonds is 7. The molecule has 1 amide bonds. The molecule has 1 aromatic rings. The maximum atomic E-state index is 13.0. The average molecular weight is 306 g/mol. The zero-order valence-corrected chi connectivity index (χ0v) is 13.7. The van der Waals surface area contributed by atoms with Gasteiger partial charge >= 0.3 is 0 Å². The fourth-order valence-electron chi connectivity index (χ4n) is 2.98. The number of nitrogens with zero attached hydrogens (tertiary/aromatic N) is 2. The second-order valence-electron chi connectivity index (χ2n) is 6.16. The second-order valence-corrected chi connectivity index (χ2v) is 6.16. The summed E-state index contributed by atoms with van der Waals surface area (Å²) in [5.41, 5.74) is 0.986. The van der Waals surface area contributed by atoms with Gasteiger partial charge < -0.3 is 4.90 Å². The molecule has 1 heterocycles. The number of carbonyl (C=O) groups excluding carboxylic acids is 1. The number of hydrogen-bond donors (Lipinski definition) is 0. The zero-order chi connectivity index (χ0) is 15.9. The van der Waals surface area contributed by atoms with E-state index in [4.69, 9.17) is 0 Å². The number of halogens is 1. The fraction of sp³-hybridized carbons (Fsp3) is 0.611. The minimum absolute atomic E-state index is 0.0557. The van der Waals surface area contributed by atoms with Crippen molar-refractivity contribution in [3.8, 4) is 0 Å². The quantitative estimate of drug-likeness (QED) is 0.770. The van der Waals surface area contributed by atoms with E-state index in [0.717, 1.165) is 38.0 Å². The highest BCUT2D eigenvalue weighted by molar-refractivity contribution is 5.81. The van der Waals surface area contributed by atoms with E-state index in [-0.39, 0.29) is 17.8 Å². The Morgan fingerprint density at radius 1 is 1.27 bits per heavy atom. The van der Waals surface area contributed by atoms with Crippen molar-refractivity contribution in [1.29, 1.82) is 0 Å². The van der Waals surface area contributed by atoms with Crippen LogP contribution >= 0.6 is 0 Å². The Morgan fingerprint density at radius 2 is 1.91 bits per heavy atom. The molecule has 0 bridgehead atoms. The number of benzene rings is 1. The van der Waals surface area contributed by atoms with Gasteiger partial charge in [-0.15, -0.1) is 0 Å². The van der Waals surface area contributed by atoms with Crippen LogP contribution in [-0.4, -0.2) is 41.4 Å². The molecule has 1 atom stereocenters. The third kappa shape index (κ3) is 4.54. The van der Waals surface area contributed by atoms with Crippen molar-refractivity contribution in [3.05, 3.63) is 35.6 Å². The molecule has 1 aliphatic rings. The molecule has 3 nitrogen and oxygen atoms in total. The first kappa shape index (κ1) is 16.9. The molecule has 0 unspecified atom stereocenters. The van der Waals surface area contributed by atoms with Gasteiger partial charge in [0.1, 0.15) is 5.82 Å². The molecule has 1 aromatic carbocycles. The summed E-state index contributed by atoms with van der Waals surface area (Å²) in [6, 6.07) is 6.40. The van der Waals surface area contributed by atoms with Crippen molar-refractivity contribution in [2.75, 3.05) is 19.6 Å². The van der Waals surface area contributed by atoms with Crippen molar-refractivity contribution < 1.29 is 9.18 Å². The lowest BCUT2D eigenvalue weighted by atomic mass is 10.1. The Kier molecular flexibility index (Phi) is 6.37. The molecule has 1 aliphatic heterocycles. The van der Waals surface area contributed by atoms with E-state index in [1.807, 2.05) is 11.8 Å². The van der Waals surface area contributed by atoms with Gasteiger partial charge in [-0.3, -0.25) is 9.69 Å². The van der Waals surface area contributed by atoms with Crippen molar-refractivity contribution in [2.24, 2.45) is 0 Å². The lowest BCUT2D eigenvalue weighted by Crippen LogP contribution is -2.46. The summed E-state index contributed by atoms with van der Waals surface area (Å²) in [4.78, 5) is 17.0. The van der Waals surface area contributed by atoms with Gasteiger partial charge in [-0.25, -0.2) is 4.39 Å². The molecule has 1 saturated heterocycles. The van der Waals surface area contributed by atoms with Crippen molar-refractivity contribution >= 4 is 5.91 Å². The third-order valence-corrected chi connectivity index (χ3v) is 4.43. The van der Waals surface area contributed by atoms with E-state index in [0.29, 0.717) is 6.54 Å². The molecule has 0 aromatic heterocycles. The molecule has 0 N–H and O–H groups in total. The number of amides is 1. The topological polar surface area (TPSA) is 23.6 Å². The second kappa shape index (κ2) is 8.28. The van der Waals surface area contributed by atoms with Crippen LogP contribution in [0, 0.1) is 5.82 Å². The third-order valence-electron chi connectivity index (χ3n) is 4.43. The molecule has 4 heteroatoms. The van der Waals surface area contributed by atoms with Crippen LogP contribution in [-0.2, 0) is 11.3 Å². The Labute approximate surface area is 133 Å². The summed E-state index contributed by atoms with van der Waals surface area (Å²) in [5, 5.41) is 0. The average Bonchev–Trinajstić information content (AvgIpc) is 3.06. The van der Waals surface area contributed by atoms with Gasteiger partial charge in [0.15, 0.2) is 0 Å². The number of carbonyl (C=O) groups is 1. The van der Waals surface area contributed by atoms with E-state index >= 15 is 0 Å². The molecule has 2 rings (SSSR count). The largest absolute Gasteiger partial charge is 0.337 e. The molecule has 0 spiro atoms.